The molecule has 1 heterocycles. The van der Waals surface area contributed by atoms with Gasteiger partial charge in [-0.2, -0.15) is 0 Å². The highest BCUT2D eigenvalue weighted by Gasteiger charge is 2.19. The molecule has 0 aliphatic rings. The van der Waals surface area contributed by atoms with Crippen LogP contribution in [0.25, 0.3) is 0 Å². The summed E-state index contributed by atoms with van der Waals surface area (Å²) >= 11 is 0. The van der Waals surface area contributed by atoms with Crippen molar-refractivity contribution in [1.82, 2.24) is 4.98 Å². The van der Waals surface area contributed by atoms with Crippen molar-refractivity contribution in [1.29, 1.82) is 0 Å². The van der Waals surface area contributed by atoms with E-state index >= 15 is 0 Å². The zero-order valence-corrected chi connectivity index (χ0v) is 14.7. The summed E-state index contributed by atoms with van der Waals surface area (Å²) in [4.78, 5) is 16.1. The number of hydrogen-bond donors (Lipinski definition) is 2. The van der Waals surface area contributed by atoms with Crippen LogP contribution in [0.4, 0.5) is 20.7 Å². The molecule has 0 atom stereocenters. The predicted octanol–water partition coefficient (Wildman–Crippen LogP) is 4.50. The Morgan fingerprint density at radius 1 is 1.28 bits per heavy atom. The van der Waals surface area contributed by atoms with Crippen molar-refractivity contribution in [2.24, 2.45) is 0 Å². The molecule has 2 aromatic rings. The van der Waals surface area contributed by atoms with E-state index in [2.05, 4.69) is 10.3 Å². The number of nitrogens with zero attached hydrogens (tertiary/aromatic N) is 1. The molecule has 0 saturated heterocycles. The van der Waals surface area contributed by atoms with Gasteiger partial charge < -0.3 is 15.2 Å². The lowest BCUT2D eigenvalue weighted by Crippen LogP contribution is -2.27. The van der Waals surface area contributed by atoms with Crippen molar-refractivity contribution < 1.29 is 18.7 Å². The number of carbonyl (C=O) groups is 1. The van der Waals surface area contributed by atoms with Gasteiger partial charge in [0, 0.05) is 23.5 Å². The molecule has 0 spiro atoms. The summed E-state index contributed by atoms with van der Waals surface area (Å²) in [5.74, 6) is 0.177. The number of benzene rings is 1. The lowest BCUT2D eigenvalue weighted by molar-refractivity contribution is 0.0635. The Balaban J connectivity index is 2.27. The third kappa shape index (κ3) is 5.07. The molecule has 1 amide bonds. The third-order valence-electron chi connectivity index (χ3n) is 3.16. The van der Waals surface area contributed by atoms with E-state index in [1.807, 2.05) is 6.92 Å². The fraction of sp³-hybridized carbons (Fsp3) is 0.333. The van der Waals surface area contributed by atoms with Crippen LogP contribution >= 0.6 is 0 Å². The number of pyridine rings is 1. The Bertz CT molecular complexity index is 773. The van der Waals surface area contributed by atoms with Gasteiger partial charge in [0.15, 0.2) is 11.6 Å². The highest BCUT2D eigenvalue weighted by molar-refractivity contribution is 5.85. The Hall–Kier alpha value is -2.83. The van der Waals surface area contributed by atoms with Crippen LogP contribution in [0.2, 0.25) is 0 Å². The molecule has 1 aromatic carbocycles. The number of nitrogen functional groups attached to an aromatic ring is 1. The first-order valence-corrected chi connectivity index (χ1v) is 7.90. The van der Waals surface area contributed by atoms with E-state index in [0.29, 0.717) is 29.2 Å². The fourth-order valence-electron chi connectivity index (χ4n) is 2.14. The van der Waals surface area contributed by atoms with E-state index in [1.165, 1.54) is 18.3 Å². The molecule has 3 N–H and O–H groups in total. The predicted molar refractivity (Wildman–Crippen MR) is 94.4 cm³/mol. The topological polar surface area (TPSA) is 86.5 Å². The van der Waals surface area contributed by atoms with Crippen LogP contribution in [0.1, 0.15) is 33.3 Å². The van der Waals surface area contributed by atoms with Crippen LogP contribution in [0, 0.1) is 5.82 Å². The minimum Gasteiger partial charge on any atom is -0.454 e. The van der Waals surface area contributed by atoms with E-state index < -0.39 is 17.5 Å². The lowest BCUT2D eigenvalue weighted by atomic mass is 10.2. The van der Waals surface area contributed by atoms with Crippen molar-refractivity contribution in [3.8, 4) is 11.5 Å². The first kappa shape index (κ1) is 18.5. The van der Waals surface area contributed by atoms with Gasteiger partial charge in [-0.1, -0.05) is 6.92 Å². The minimum absolute atomic E-state index is 0.0401. The summed E-state index contributed by atoms with van der Waals surface area (Å²) < 4.78 is 24.8. The second kappa shape index (κ2) is 7.38. The Kier molecular flexibility index (Phi) is 5.46. The average Bonchev–Trinajstić information content (AvgIpc) is 2.48. The smallest absolute Gasteiger partial charge is 0.413 e. The summed E-state index contributed by atoms with van der Waals surface area (Å²) in [6.07, 6.45) is 1.37. The molecule has 134 valence electrons. The van der Waals surface area contributed by atoms with Crippen LogP contribution in [-0.2, 0) is 11.2 Å². The molecular formula is C18H22FN3O3. The van der Waals surface area contributed by atoms with Crippen molar-refractivity contribution in [3.05, 3.63) is 41.8 Å². The van der Waals surface area contributed by atoms with Gasteiger partial charge in [0.05, 0.1) is 0 Å². The van der Waals surface area contributed by atoms with E-state index in [-0.39, 0.29) is 5.75 Å². The van der Waals surface area contributed by atoms with Crippen LogP contribution in [0.3, 0.4) is 0 Å². The molecule has 6 nitrogen and oxygen atoms in total. The highest BCUT2D eigenvalue weighted by Crippen LogP contribution is 2.31. The molecule has 0 radical (unpaired) electrons. The molecule has 0 aliphatic heterocycles. The normalized spacial score (nSPS) is 11.1. The quantitative estimate of drug-likeness (QED) is 0.795. The zero-order chi connectivity index (χ0) is 18.6. The van der Waals surface area contributed by atoms with Gasteiger partial charge in [-0.25, -0.2) is 14.2 Å². The van der Waals surface area contributed by atoms with Gasteiger partial charge >= 0.3 is 6.09 Å². The summed E-state index contributed by atoms with van der Waals surface area (Å²) in [6, 6.07) is 5.79. The molecule has 0 aliphatic carbocycles. The molecule has 25 heavy (non-hydrogen) atoms. The maximum absolute atomic E-state index is 14.0. The number of aromatic nitrogens is 1. The highest BCUT2D eigenvalue weighted by atomic mass is 19.1. The van der Waals surface area contributed by atoms with E-state index in [4.69, 9.17) is 15.2 Å². The van der Waals surface area contributed by atoms with E-state index in [1.54, 1.807) is 32.9 Å². The summed E-state index contributed by atoms with van der Waals surface area (Å²) in [7, 11) is 0. The van der Waals surface area contributed by atoms with Gasteiger partial charge in [-0.05, 0) is 45.4 Å². The van der Waals surface area contributed by atoms with Gasteiger partial charge in [-0.15, -0.1) is 0 Å². The molecule has 0 saturated carbocycles. The lowest BCUT2D eigenvalue weighted by Gasteiger charge is -2.20. The number of anilines is 2. The monoisotopic (exact) mass is 347 g/mol. The van der Waals surface area contributed by atoms with Crippen LogP contribution < -0.4 is 15.8 Å². The minimum atomic E-state index is -0.627. The number of nitrogens with two attached hydrogens (primary N) is 1. The fourth-order valence-corrected chi connectivity index (χ4v) is 2.14. The zero-order valence-electron chi connectivity index (χ0n) is 14.7. The molecular weight excluding hydrogens is 325 g/mol. The average molecular weight is 347 g/mol. The number of rotatable bonds is 4. The summed E-state index contributed by atoms with van der Waals surface area (Å²) in [5, 5.41) is 2.60. The van der Waals surface area contributed by atoms with Crippen LogP contribution in [0.5, 0.6) is 11.5 Å². The molecule has 7 heteroatoms. The van der Waals surface area contributed by atoms with Gasteiger partial charge in [0.2, 0.25) is 0 Å². The number of carbonyl (C=O) groups excluding carboxylic acids is 1. The first-order chi connectivity index (χ1) is 11.7. The maximum Gasteiger partial charge on any atom is 0.413 e. The standard InChI is InChI=1S/C18H22FN3O3/c1-5-12-14(24-15-7-6-11(20)10-13(15)19)8-9-21-16(12)22-17(23)25-18(2,3)4/h6-10H,5,20H2,1-4H3,(H,21,22,23). The second-order valence-corrected chi connectivity index (χ2v) is 6.41. The number of nitrogens with one attached hydrogen (secondary N) is 1. The van der Waals surface area contributed by atoms with Crippen molar-refractivity contribution >= 4 is 17.6 Å². The largest absolute Gasteiger partial charge is 0.454 e. The molecule has 0 unspecified atom stereocenters. The SMILES string of the molecule is CCc1c(Oc2ccc(N)cc2F)ccnc1NC(=O)OC(C)(C)C. The molecule has 0 fully saturated rings. The third-order valence-corrected chi connectivity index (χ3v) is 3.16. The van der Waals surface area contributed by atoms with Gasteiger partial charge in [0.1, 0.15) is 17.2 Å². The van der Waals surface area contributed by atoms with Gasteiger partial charge in [0.25, 0.3) is 0 Å². The van der Waals surface area contributed by atoms with Gasteiger partial charge in [-0.3, -0.25) is 5.32 Å². The van der Waals surface area contributed by atoms with Crippen molar-refractivity contribution in [2.45, 2.75) is 39.7 Å². The molecule has 1 aromatic heterocycles. The number of hydrogen-bond acceptors (Lipinski definition) is 5. The van der Waals surface area contributed by atoms with Crippen molar-refractivity contribution in [3.63, 3.8) is 0 Å². The van der Waals surface area contributed by atoms with Crippen LogP contribution in [0.15, 0.2) is 30.5 Å². The summed E-state index contributed by atoms with van der Waals surface area (Å²) in [6.45, 7) is 7.18. The van der Waals surface area contributed by atoms with E-state index in [0.717, 1.165) is 0 Å². The Labute approximate surface area is 146 Å². The molecule has 0 bridgehead atoms. The van der Waals surface area contributed by atoms with Crippen molar-refractivity contribution in [2.75, 3.05) is 11.1 Å². The number of halogens is 1. The Morgan fingerprint density at radius 2 is 2.00 bits per heavy atom. The maximum atomic E-state index is 14.0. The van der Waals surface area contributed by atoms with Crippen LogP contribution in [-0.4, -0.2) is 16.7 Å². The number of amides is 1. The van der Waals surface area contributed by atoms with E-state index in [9.17, 15) is 9.18 Å². The second-order valence-electron chi connectivity index (χ2n) is 6.41. The summed E-state index contributed by atoms with van der Waals surface area (Å²) in [5.41, 5.74) is 5.85. The molecule has 2 rings (SSSR count). The number of ether oxygens (including phenoxy) is 2. The first-order valence-electron chi connectivity index (χ1n) is 7.90. The Morgan fingerprint density at radius 3 is 2.60 bits per heavy atom.